The first-order valence-corrected chi connectivity index (χ1v) is 9.65. The first kappa shape index (κ1) is 16.2. The van der Waals surface area contributed by atoms with Crippen LogP contribution in [0.1, 0.15) is 40.5 Å². The third kappa shape index (κ3) is 3.20. The van der Waals surface area contributed by atoms with E-state index < -0.39 is 9.84 Å². The van der Waals surface area contributed by atoms with Gasteiger partial charge in [-0.15, -0.1) is 0 Å². The fourth-order valence-electron chi connectivity index (χ4n) is 3.85. The lowest BCUT2D eigenvalue weighted by molar-refractivity contribution is 0.0227. The molecule has 2 N–H and O–H groups in total. The van der Waals surface area contributed by atoms with Gasteiger partial charge in [0.05, 0.1) is 11.5 Å². The predicted molar refractivity (Wildman–Crippen MR) is 83.3 cm³/mol. The molecule has 2 aliphatic rings. The number of nitrogens with two attached hydrogens (primary N) is 1. The highest BCUT2D eigenvalue weighted by molar-refractivity contribution is 7.91. The summed E-state index contributed by atoms with van der Waals surface area (Å²) in [6, 6.07) is 0.455. The van der Waals surface area contributed by atoms with Gasteiger partial charge in [0.25, 0.3) is 0 Å². The van der Waals surface area contributed by atoms with Gasteiger partial charge in [-0.2, -0.15) is 0 Å². The molecule has 1 heterocycles. The summed E-state index contributed by atoms with van der Waals surface area (Å²) < 4.78 is 23.4. The number of sulfone groups is 1. The van der Waals surface area contributed by atoms with Crippen molar-refractivity contribution in [3.63, 3.8) is 0 Å². The summed E-state index contributed by atoms with van der Waals surface area (Å²) in [6.45, 7) is 10.7. The Hall–Kier alpha value is -0.130. The van der Waals surface area contributed by atoms with Crippen LogP contribution in [0.4, 0.5) is 0 Å². The number of rotatable bonds is 2. The van der Waals surface area contributed by atoms with Crippen LogP contribution >= 0.6 is 0 Å². The molecule has 2 fully saturated rings. The smallest absolute Gasteiger partial charge is 0.153 e. The highest BCUT2D eigenvalue weighted by atomic mass is 32.2. The molecule has 0 amide bonds. The van der Waals surface area contributed by atoms with Crippen LogP contribution in [0.25, 0.3) is 0 Å². The van der Waals surface area contributed by atoms with Crippen LogP contribution in [0, 0.1) is 17.3 Å². The number of nitrogens with zero attached hydrogens (tertiary/aromatic N) is 1. The molecule has 0 spiro atoms. The van der Waals surface area contributed by atoms with Crippen molar-refractivity contribution in [2.24, 2.45) is 23.0 Å². The zero-order valence-electron chi connectivity index (χ0n) is 13.3. The van der Waals surface area contributed by atoms with E-state index in [0.717, 1.165) is 19.4 Å². The Labute approximate surface area is 124 Å². The van der Waals surface area contributed by atoms with Crippen LogP contribution in [0.15, 0.2) is 0 Å². The van der Waals surface area contributed by atoms with E-state index in [9.17, 15) is 8.42 Å². The molecule has 4 nitrogen and oxygen atoms in total. The molecule has 20 heavy (non-hydrogen) atoms. The Bertz CT molecular complexity index is 447. The van der Waals surface area contributed by atoms with Crippen LogP contribution in [-0.4, -0.2) is 50.0 Å². The lowest BCUT2D eigenvalue weighted by Crippen LogP contribution is -2.54. The molecular weight excluding hydrogens is 272 g/mol. The Morgan fingerprint density at radius 1 is 1.25 bits per heavy atom. The monoisotopic (exact) mass is 302 g/mol. The fraction of sp³-hybridized carbons (Fsp3) is 1.00. The first-order valence-electron chi connectivity index (χ1n) is 7.83. The zero-order chi connectivity index (χ0) is 15.1. The van der Waals surface area contributed by atoms with Crippen molar-refractivity contribution < 1.29 is 8.42 Å². The molecule has 1 saturated heterocycles. The summed E-state index contributed by atoms with van der Waals surface area (Å²) in [5.74, 6) is 1.76. The fourth-order valence-corrected chi connectivity index (χ4v) is 5.48. The molecule has 0 aromatic carbocycles. The second kappa shape index (κ2) is 5.58. The van der Waals surface area contributed by atoms with Crippen molar-refractivity contribution >= 4 is 9.84 Å². The van der Waals surface area contributed by atoms with Gasteiger partial charge in [-0.1, -0.05) is 20.8 Å². The average molecular weight is 302 g/mol. The molecule has 1 aliphatic carbocycles. The minimum Gasteiger partial charge on any atom is -0.327 e. The van der Waals surface area contributed by atoms with E-state index in [2.05, 4.69) is 25.7 Å². The van der Waals surface area contributed by atoms with Crippen molar-refractivity contribution in [3.05, 3.63) is 0 Å². The minimum atomic E-state index is -2.82. The van der Waals surface area contributed by atoms with Crippen molar-refractivity contribution in [2.75, 3.05) is 24.6 Å². The summed E-state index contributed by atoms with van der Waals surface area (Å²) in [4.78, 5) is 2.37. The van der Waals surface area contributed by atoms with Crippen LogP contribution in [0.5, 0.6) is 0 Å². The maximum atomic E-state index is 11.7. The maximum absolute atomic E-state index is 11.7. The molecular formula is C15H30N2O2S. The number of hydrogen-bond acceptors (Lipinski definition) is 4. The Morgan fingerprint density at radius 3 is 2.50 bits per heavy atom. The molecule has 5 heteroatoms. The Balaban J connectivity index is 2.03. The topological polar surface area (TPSA) is 63.4 Å². The molecule has 4 atom stereocenters. The van der Waals surface area contributed by atoms with Gasteiger partial charge in [0, 0.05) is 25.2 Å². The van der Waals surface area contributed by atoms with Gasteiger partial charge in [0.1, 0.15) is 0 Å². The normalized spacial score (nSPS) is 41.5. The van der Waals surface area contributed by atoms with Gasteiger partial charge in [0.2, 0.25) is 0 Å². The molecule has 118 valence electrons. The van der Waals surface area contributed by atoms with Gasteiger partial charge in [0.15, 0.2) is 9.84 Å². The summed E-state index contributed by atoms with van der Waals surface area (Å²) in [6.07, 6.45) is 2.25. The summed E-state index contributed by atoms with van der Waals surface area (Å²) >= 11 is 0. The van der Waals surface area contributed by atoms with Crippen molar-refractivity contribution in [3.8, 4) is 0 Å². The highest BCUT2D eigenvalue weighted by Crippen LogP contribution is 2.44. The quantitative estimate of drug-likeness (QED) is 0.840. The molecule has 1 saturated carbocycles. The van der Waals surface area contributed by atoms with Gasteiger partial charge in [-0.05, 0) is 37.0 Å². The third-order valence-electron chi connectivity index (χ3n) is 5.98. The van der Waals surface area contributed by atoms with Gasteiger partial charge >= 0.3 is 0 Å². The van der Waals surface area contributed by atoms with E-state index in [1.807, 2.05) is 6.92 Å². The van der Waals surface area contributed by atoms with E-state index in [4.69, 9.17) is 5.73 Å². The predicted octanol–water partition coefficient (Wildman–Crippen LogP) is 1.50. The minimum absolute atomic E-state index is 0.149. The van der Waals surface area contributed by atoms with Gasteiger partial charge in [-0.3, -0.25) is 4.90 Å². The lowest BCUT2D eigenvalue weighted by Gasteiger charge is -2.49. The second-order valence-corrected chi connectivity index (χ2v) is 9.74. The van der Waals surface area contributed by atoms with E-state index in [1.165, 1.54) is 0 Å². The zero-order valence-corrected chi connectivity index (χ0v) is 14.1. The van der Waals surface area contributed by atoms with Crippen LogP contribution in [0.3, 0.4) is 0 Å². The molecule has 4 unspecified atom stereocenters. The lowest BCUT2D eigenvalue weighted by atomic mass is 9.61. The Kier molecular flexibility index (Phi) is 4.53. The highest BCUT2D eigenvalue weighted by Gasteiger charge is 2.43. The third-order valence-corrected chi connectivity index (χ3v) is 7.77. The van der Waals surface area contributed by atoms with Crippen molar-refractivity contribution in [1.82, 2.24) is 4.90 Å². The van der Waals surface area contributed by atoms with E-state index in [1.54, 1.807) is 0 Å². The largest absolute Gasteiger partial charge is 0.327 e. The van der Waals surface area contributed by atoms with E-state index in [0.29, 0.717) is 35.9 Å². The van der Waals surface area contributed by atoms with Gasteiger partial charge < -0.3 is 5.73 Å². The summed E-state index contributed by atoms with van der Waals surface area (Å²) in [5, 5.41) is 0. The second-order valence-electron chi connectivity index (χ2n) is 7.51. The molecule has 2 rings (SSSR count). The molecule has 0 radical (unpaired) electrons. The van der Waals surface area contributed by atoms with Crippen LogP contribution in [-0.2, 0) is 9.84 Å². The van der Waals surface area contributed by atoms with Gasteiger partial charge in [-0.25, -0.2) is 8.42 Å². The van der Waals surface area contributed by atoms with Crippen molar-refractivity contribution in [2.45, 2.75) is 52.6 Å². The molecule has 0 aromatic heterocycles. The van der Waals surface area contributed by atoms with E-state index >= 15 is 0 Å². The SMILES string of the molecule is CC1CS(=O)(=O)CCN1CC1CCC(N)C(C)C1(C)C. The summed E-state index contributed by atoms with van der Waals surface area (Å²) in [5.41, 5.74) is 6.45. The van der Waals surface area contributed by atoms with Crippen molar-refractivity contribution in [1.29, 1.82) is 0 Å². The maximum Gasteiger partial charge on any atom is 0.153 e. The average Bonchev–Trinajstić information content (AvgIpc) is 2.32. The van der Waals surface area contributed by atoms with Crippen LogP contribution < -0.4 is 5.73 Å². The molecule has 1 aliphatic heterocycles. The number of hydrogen-bond donors (Lipinski definition) is 1. The Morgan fingerprint density at radius 2 is 1.90 bits per heavy atom. The molecule has 0 bridgehead atoms. The van der Waals surface area contributed by atoms with Crippen LogP contribution in [0.2, 0.25) is 0 Å². The summed E-state index contributed by atoms with van der Waals surface area (Å²) in [7, 11) is -2.82. The standard InChI is InChI=1S/C15H30N2O2S/c1-11-10-20(18,19)8-7-17(11)9-13-5-6-14(16)12(2)15(13,3)4/h11-14H,5-10,16H2,1-4H3. The first-order chi connectivity index (χ1) is 9.13. The molecule has 0 aromatic rings. The van der Waals surface area contributed by atoms with E-state index in [-0.39, 0.29) is 11.5 Å².